The second-order valence-electron chi connectivity index (χ2n) is 5.11. The molecule has 2 heterocycles. The summed E-state index contributed by atoms with van der Waals surface area (Å²) < 4.78 is 0. The monoisotopic (exact) mass is 314 g/mol. The van der Waals surface area contributed by atoms with Gasteiger partial charge >= 0.3 is 0 Å². The molecule has 8 heteroatoms. The van der Waals surface area contributed by atoms with Crippen molar-refractivity contribution in [3.8, 4) is 12.1 Å². The van der Waals surface area contributed by atoms with Gasteiger partial charge in [-0.3, -0.25) is 10.1 Å². The Labute approximate surface area is 131 Å². The Balaban J connectivity index is 2.19. The molecule has 0 aliphatic carbocycles. The predicted molar refractivity (Wildman–Crippen MR) is 81.4 cm³/mol. The zero-order valence-electron chi connectivity index (χ0n) is 12.4. The van der Waals surface area contributed by atoms with Gasteiger partial charge in [0.05, 0.1) is 10.7 Å². The summed E-state index contributed by atoms with van der Waals surface area (Å²) in [6.07, 6.45) is 0.816. The van der Waals surface area contributed by atoms with E-state index in [0.29, 0.717) is 16.5 Å². The third-order valence-electron chi connectivity index (χ3n) is 2.78. The highest BCUT2D eigenvalue weighted by molar-refractivity contribution is 7.13. The molecule has 0 spiro atoms. The molecule has 2 aromatic heterocycles. The van der Waals surface area contributed by atoms with Gasteiger partial charge in [-0.05, 0) is 12.8 Å². The molecule has 0 saturated heterocycles. The number of aromatic amines is 1. The van der Waals surface area contributed by atoms with E-state index in [0.717, 1.165) is 11.4 Å². The largest absolute Gasteiger partial charge is 0.314 e. The average Bonchev–Trinajstić information content (AvgIpc) is 3.01. The first-order valence-electron chi connectivity index (χ1n) is 6.62. The van der Waals surface area contributed by atoms with E-state index in [1.807, 2.05) is 6.07 Å². The maximum Gasteiger partial charge on any atom is 0.269 e. The number of hydrogen-bond donors (Lipinski definition) is 2. The number of imidazole rings is 1. The van der Waals surface area contributed by atoms with Gasteiger partial charge in [0, 0.05) is 6.42 Å². The number of H-pyrrole nitrogens is 1. The maximum atomic E-state index is 12.3. The Morgan fingerprint density at radius 2 is 2.09 bits per heavy atom. The van der Waals surface area contributed by atoms with E-state index in [9.17, 15) is 4.79 Å². The molecule has 1 amide bonds. The van der Waals surface area contributed by atoms with Crippen molar-refractivity contribution in [2.75, 3.05) is 5.32 Å². The van der Waals surface area contributed by atoms with Crippen LogP contribution < -0.4 is 5.32 Å². The summed E-state index contributed by atoms with van der Waals surface area (Å²) in [5, 5.41) is 21.2. The standard InChI is InChI=1S/C14H14N6OS/c1-7(2)4-11-17-8(3)12(22-11)13(21)20-14-18-9(5-15)10(6-16)19-14/h7H,4H2,1-3H3,(H2,18,19,20,21). The van der Waals surface area contributed by atoms with Gasteiger partial charge < -0.3 is 4.98 Å². The fourth-order valence-electron chi connectivity index (χ4n) is 1.86. The summed E-state index contributed by atoms with van der Waals surface area (Å²) in [4.78, 5) is 23.6. The molecule has 2 N–H and O–H groups in total. The lowest BCUT2D eigenvalue weighted by Gasteiger charge is -1.99. The fraction of sp³-hybridized carbons (Fsp3) is 0.357. The number of carbonyl (C=O) groups is 1. The number of nitrogens with zero attached hydrogens (tertiary/aromatic N) is 4. The number of thiazole rings is 1. The van der Waals surface area contributed by atoms with Crippen molar-refractivity contribution in [2.45, 2.75) is 27.2 Å². The molecule has 0 saturated carbocycles. The van der Waals surface area contributed by atoms with Crippen LogP contribution in [0.15, 0.2) is 0 Å². The van der Waals surface area contributed by atoms with Crippen molar-refractivity contribution >= 4 is 23.2 Å². The number of aryl methyl sites for hydroxylation is 1. The third kappa shape index (κ3) is 3.30. The summed E-state index contributed by atoms with van der Waals surface area (Å²) in [7, 11) is 0. The highest BCUT2D eigenvalue weighted by Crippen LogP contribution is 2.21. The first kappa shape index (κ1) is 15.7. The van der Waals surface area contributed by atoms with Crippen LogP contribution in [0.3, 0.4) is 0 Å². The van der Waals surface area contributed by atoms with Crippen molar-refractivity contribution in [3.63, 3.8) is 0 Å². The van der Waals surface area contributed by atoms with Crippen LogP contribution in [-0.2, 0) is 6.42 Å². The van der Waals surface area contributed by atoms with Crippen LogP contribution in [0, 0.1) is 35.5 Å². The molecule has 0 radical (unpaired) electrons. The minimum Gasteiger partial charge on any atom is -0.314 e. The van der Waals surface area contributed by atoms with E-state index in [2.05, 4.69) is 34.1 Å². The summed E-state index contributed by atoms with van der Waals surface area (Å²) >= 11 is 1.34. The molecule has 0 atom stereocenters. The number of nitriles is 2. The number of anilines is 1. The van der Waals surface area contributed by atoms with Gasteiger partial charge in [-0.2, -0.15) is 10.5 Å². The van der Waals surface area contributed by atoms with Gasteiger partial charge in [-0.25, -0.2) is 9.97 Å². The number of rotatable bonds is 4. The van der Waals surface area contributed by atoms with E-state index in [-0.39, 0.29) is 23.2 Å². The molecule has 0 bridgehead atoms. The van der Waals surface area contributed by atoms with Gasteiger partial charge in [0.1, 0.15) is 17.0 Å². The zero-order chi connectivity index (χ0) is 16.3. The molecule has 7 nitrogen and oxygen atoms in total. The topological polar surface area (TPSA) is 118 Å². The van der Waals surface area contributed by atoms with Crippen LogP contribution in [0.1, 0.15) is 45.6 Å². The second-order valence-corrected chi connectivity index (χ2v) is 6.19. The van der Waals surface area contributed by atoms with Crippen molar-refractivity contribution in [1.82, 2.24) is 15.0 Å². The van der Waals surface area contributed by atoms with Crippen molar-refractivity contribution in [3.05, 3.63) is 27.0 Å². The Morgan fingerprint density at radius 3 is 2.64 bits per heavy atom. The smallest absolute Gasteiger partial charge is 0.269 e. The summed E-state index contributed by atoms with van der Waals surface area (Å²) in [5.41, 5.74) is 0.643. The van der Waals surface area contributed by atoms with Crippen LogP contribution in [0.25, 0.3) is 0 Å². The van der Waals surface area contributed by atoms with Crippen LogP contribution in [0.4, 0.5) is 5.95 Å². The average molecular weight is 314 g/mol. The highest BCUT2D eigenvalue weighted by Gasteiger charge is 2.18. The molecule has 112 valence electrons. The number of amides is 1. The molecule has 2 rings (SSSR count). The molecule has 0 fully saturated rings. The molecular formula is C14H14N6OS. The Hall–Kier alpha value is -2.71. The molecule has 22 heavy (non-hydrogen) atoms. The first-order chi connectivity index (χ1) is 10.4. The van der Waals surface area contributed by atoms with Crippen molar-refractivity contribution in [1.29, 1.82) is 10.5 Å². The molecule has 0 aliphatic heterocycles. The quantitative estimate of drug-likeness (QED) is 0.898. The maximum absolute atomic E-state index is 12.3. The SMILES string of the molecule is Cc1nc(CC(C)C)sc1C(=O)Nc1nc(C#N)c(C#N)[nH]1. The van der Waals surface area contributed by atoms with Crippen LogP contribution >= 0.6 is 11.3 Å². The Bertz CT molecular complexity index is 758. The molecule has 0 aliphatic rings. The van der Waals surface area contributed by atoms with Gasteiger partial charge in [0.2, 0.25) is 5.95 Å². The van der Waals surface area contributed by atoms with Crippen molar-refractivity contribution in [2.24, 2.45) is 5.92 Å². The Kier molecular flexibility index (Phi) is 4.54. The van der Waals surface area contributed by atoms with Crippen LogP contribution in [0.2, 0.25) is 0 Å². The van der Waals surface area contributed by atoms with E-state index in [4.69, 9.17) is 10.5 Å². The predicted octanol–water partition coefficient (Wildman–Crippen LogP) is 2.37. The van der Waals surface area contributed by atoms with E-state index in [1.165, 1.54) is 11.3 Å². The van der Waals surface area contributed by atoms with E-state index >= 15 is 0 Å². The van der Waals surface area contributed by atoms with Crippen molar-refractivity contribution < 1.29 is 4.79 Å². The fourth-order valence-corrected chi connectivity index (χ4v) is 3.03. The van der Waals surface area contributed by atoms with Gasteiger partial charge in [-0.15, -0.1) is 11.3 Å². The normalized spacial score (nSPS) is 10.3. The Morgan fingerprint density at radius 1 is 1.36 bits per heavy atom. The molecule has 0 unspecified atom stereocenters. The minimum absolute atomic E-state index is 0.0272. The van der Waals surface area contributed by atoms with Gasteiger partial charge in [0.15, 0.2) is 11.4 Å². The van der Waals surface area contributed by atoms with Crippen LogP contribution in [0.5, 0.6) is 0 Å². The number of nitrogens with one attached hydrogen (secondary N) is 2. The van der Waals surface area contributed by atoms with Gasteiger partial charge in [0.25, 0.3) is 5.91 Å². The highest BCUT2D eigenvalue weighted by atomic mass is 32.1. The van der Waals surface area contributed by atoms with Gasteiger partial charge in [-0.1, -0.05) is 13.8 Å². The second kappa shape index (κ2) is 6.37. The minimum atomic E-state index is -0.354. The molecule has 2 aromatic rings. The molecule has 0 aromatic carbocycles. The van der Waals surface area contributed by atoms with E-state index < -0.39 is 0 Å². The molecular weight excluding hydrogens is 300 g/mol. The summed E-state index contributed by atoms with van der Waals surface area (Å²) in [6.45, 7) is 5.96. The summed E-state index contributed by atoms with van der Waals surface area (Å²) in [6, 6.07) is 3.61. The zero-order valence-corrected chi connectivity index (χ0v) is 13.2. The lowest BCUT2D eigenvalue weighted by molar-refractivity contribution is 0.102. The number of aromatic nitrogens is 3. The number of carbonyl (C=O) groups excluding carboxylic acids is 1. The third-order valence-corrected chi connectivity index (χ3v) is 3.96. The summed E-state index contributed by atoms with van der Waals surface area (Å²) in [5.74, 6) is 0.187. The lowest BCUT2D eigenvalue weighted by atomic mass is 10.1. The van der Waals surface area contributed by atoms with E-state index in [1.54, 1.807) is 13.0 Å². The van der Waals surface area contributed by atoms with Crippen LogP contribution in [-0.4, -0.2) is 20.9 Å². The number of hydrogen-bond acceptors (Lipinski definition) is 6. The lowest BCUT2D eigenvalue weighted by Crippen LogP contribution is -2.12. The first-order valence-corrected chi connectivity index (χ1v) is 7.44.